The van der Waals surface area contributed by atoms with Crippen molar-refractivity contribution in [1.29, 1.82) is 0 Å². The lowest BCUT2D eigenvalue weighted by Gasteiger charge is -2.18. The number of hydrogen-bond donors (Lipinski definition) is 0. The summed E-state index contributed by atoms with van der Waals surface area (Å²) in [6.07, 6.45) is -2.89. The summed E-state index contributed by atoms with van der Waals surface area (Å²) in [5, 5.41) is 6.82. The van der Waals surface area contributed by atoms with Gasteiger partial charge in [0.2, 0.25) is 0 Å². The van der Waals surface area contributed by atoms with E-state index in [0.29, 0.717) is 4.68 Å². The minimum atomic E-state index is -1.56. The standard InChI is InChI=1S/C16H17ClF4N4O4/c1-9(15(26)29-10(7-19)8-20)28-14-6-13(12(21)5-11(14)17)25-16(27)24(22-23-25)4-2-3-18/h5-6,9-10H,2-4,7-8H2,1H3. The fourth-order valence-electron chi connectivity index (χ4n) is 2.15. The van der Waals surface area contributed by atoms with Gasteiger partial charge < -0.3 is 9.47 Å². The lowest BCUT2D eigenvalue weighted by atomic mass is 10.2. The van der Waals surface area contributed by atoms with Crippen molar-refractivity contribution in [3.8, 4) is 11.4 Å². The third kappa shape index (κ3) is 5.46. The third-order valence-electron chi connectivity index (χ3n) is 3.64. The Kier molecular flexibility index (Phi) is 8.00. The van der Waals surface area contributed by atoms with Crippen LogP contribution in [0.4, 0.5) is 17.6 Å². The zero-order valence-electron chi connectivity index (χ0n) is 15.2. The Labute approximate surface area is 166 Å². The second kappa shape index (κ2) is 10.2. The van der Waals surface area contributed by atoms with Gasteiger partial charge in [-0.05, 0) is 29.8 Å². The summed E-state index contributed by atoms with van der Waals surface area (Å²) in [7, 11) is 0. The zero-order chi connectivity index (χ0) is 21.6. The normalized spacial score (nSPS) is 12.2. The molecule has 13 heteroatoms. The maximum atomic E-state index is 14.3. The smallest absolute Gasteiger partial charge is 0.368 e. The summed E-state index contributed by atoms with van der Waals surface area (Å²) in [6, 6.07) is 1.82. The van der Waals surface area contributed by atoms with Crippen molar-refractivity contribution >= 4 is 17.6 Å². The quantitative estimate of drug-likeness (QED) is 0.416. The predicted molar refractivity (Wildman–Crippen MR) is 93.1 cm³/mol. The molecule has 2 aromatic rings. The van der Waals surface area contributed by atoms with E-state index < -0.39 is 49.7 Å². The first kappa shape index (κ1) is 22.7. The molecule has 0 saturated carbocycles. The van der Waals surface area contributed by atoms with E-state index in [-0.39, 0.29) is 29.4 Å². The minimum Gasteiger partial charge on any atom is -0.477 e. The average molecular weight is 441 g/mol. The number of nitrogens with zero attached hydrogens (tertiary/aromatic N) is 4. The van der Waals surface area contributed by atoms with Crippen molar-refractivity contribution in [2.45, 2.75) is 32.1 Å². The highest BCUT2D eigenvalue weighted by atomic mass is 35.5. The highest BCUT2D eigenvalue weighted by Gasteiger charge is 2.24. The summed E-state index contributed by atoms with van der Waals surface area (Å²) in [5.41, 5.74) is -1.21. The van der Waals surface area contributed by atoms with Gasteiger partial charge in [0.15, 0.2) is 18.0 Å². The maximum absolute atomic E-state index is 14.3. The van der Waals surface area contributed by atoms with Crippen molar-refractivity contribution in [3.63, 3.8) is 0 Å². The van der Waals surface area contributed by atoms with E-state index in [0.717, 1.165) is 16.8 Å². The van der Waals surface area contributed by atoms with Gasteiger partial charge >= 0.3 is 11.7 Å². The molecule has 160 valence electrons. The molecule has 0 aliphatic rings. The fourth-order valence-corrected chi connectivity index (χ4v) is 2.34. The van der Waals surface area contributed by atoms with Gasteiger partial charge in [-0.3, -0.25) is 4.39 Å². The molecule has 0 fully saturated rings. The molecule has 1 atom stereocenters. The number of esters is 1. The van der Waals surface area contributed by atoms with E-state index in [4.69, 9.17) is 16.3 Å². The molecule has 0 bridgehead atoms. The summed E-state index contributed by atoms with van der Waals surface area (Å²) >= 11 is 5.90. The van der Waals surface area contributed by atoms with Crippen LogP contribution in [-0.4, -0.2) is 58.0 Å². The Balaban J connectivity index is 2.27. The van der Waals surface area contributed by atoms with Crippen LogP contribution in [0.3, 0.4) is 0 Å². The fraction of sp³-hybridized carbons (Fsp3) is 0.500. The van der Waals surface area contributed by atoms with E-state index in [1.807, 2.05) is 0 Å². The Hall–Kier alpha value is -2.63. The Morgan fingerprint density at radius 2 is 1.93 bits per heavy atom. The summed E-state index contributed by atoms with van der Waals surface area (Å²) in [6.45, 7) is -1.92. The molecule has 2 rings (SSSR count). The van der Waals surface area contributed by atoms with Crippen molar-refractivity contribution in [2.24, 2.45) is 0 Å². The first-order chi connectivity index (χ1) is 13.8. The molecule has 0 aliphatic carbocycles. The minimum absolute atomic E-state index is 0.0223. The average Bonchev–Trinajstić information content (AvgIpc) is 3.06. The van der Waals surface area contributed by atoms with Crippen molar-refractivity contribution in [1.82, 2.24) is 19.8 Å². The predicted octanol–water partition coefficient (Wildman–Crippen LogP) is 2.20. The van der Waals surface area contributed by atoms with E-state index in [2.05, 4.69) is 15.2 Å². The molecule has 1 aromatic carbocycles. The highest BCUT2D eigenvalue weighted by molar-refractivity contribution is 6.32. The second-order valence-corrected chi connectivity index (χ2v) is 6.21. The number of carbonyl (C=O) groups excluding carboxylic acids is 1. The van der Waals surface area contributed by atoms with Crippen LogP contribution in [0, 0.1) is 5.82 Å². The van der Waals surface area contributed by atoms with Gasteiger partial charge in [0.1, 0.15) is 24.8 Å². The molecule has 1 aromatic heterocycles. The van der Waals surface area contributed by atoms with E-state index in [1.54, 1.807) is 0 Å². The monoisotopic (exact) mass is 440 g/mol. The molecule has 0 aliphatic heterocycles. The van der Waals surface area contributed by atoms with Gasteiger partial charge in [-0.15, -0.1) is 0 Å². The summed E-state index contributed by atoms with van der Waals surface area (Å²) < 4.78 is 62.9. The molecule has 0 N–H and O–H groups in total. The number of hydrogen-bond acceptors (Lipinski definition) is 6. The molecule has 0 saturated heterocycles. The molecule has 8 nitrogen and oxygen atoms in total. The summed E-state index contributed by atoms with van der Waals surface area (Å²) in [5.74, 6) is -2.22. The van der Waals surface area contributed by atoms with E-state index in [9.17, 15) is 27.2 Å². The van der Waals surface area contributed by atoms with Gasteiger partial charge in [-0.2, -0.15) is 9.36 Å². The summed E-state index contributed by atoms with van der Waals surface area (Å²) in [4.78, 5) is 24.1. The third-order valence-corrected chi connectivity index (χ3v) is 3.93. The van der Waals surface area contributed by atoms with Crippen molar-refractivity contribution in [3.05, 3.63) is 33.5 Å². The lowest BCUT2D eigenvalue weighted by molar-refractivity contribution is -0.158. The molecule has 0 amide bonds. The Morgan fingerprint density at radius 1 is 1.24 bits per heavy atom. The van der Waals surface area contributed by atoms with Gasteiger partial charge in [0.25, 0.3) is 0 Å². The molecular formula is C16H17ClF4N4O4. The van der Waals surface area contributed by atoms with E-state index >= 15 is 0 Å². The molecule has 0 spiro atoms. The molecule has 29 heavy (non-hydrogen) atoms. The van der Waals surface area contributed by atoms with Crippen molar-refractivity contribution in [2.75, 3.05) is 20.0 Å². The maximum Gasteiger partial charge on any atom is 0.368 e. The second-order valence-electron chi connectivity index (χ2n) is 5.80. The number of alkyl halides is 3. The number of ether oxygens (including phenoxy) is 2. The van der Waals surface area contributed by atoms with Gasteiger partial charge in [-0.25, -0.2) is 22.8 Å². The van der Waals surface area contributed by atoms with Gasteiger partial charge in [-0.1, -0.05) is 11.6 Å². The van der Waals surface area contributed by atoms with E-state index in [1.165, 1.54) is 6.92 Å². The van der Waals surface area contributed by atoms with Crippen LogP contribution in [0.25, 0.3) is 5.69 Å². The topological polar surface area (TPSA) is 88.2 Å². The SMILES string of the molecule is CC(Oc1cc(-n2nnn(CCCF)c2=O)c(F)cc1Cl)C(=O)OC(CF)CF. The first-order valence-corrected chi connectivity index (χ1v) is 8.77. The Morgan fingerprint density at radius 3 is 2.55 bits per heavy atom. The molecule has 0 radical (unpaired) electrons. The lowest BCUT2D eigenvalue weighted by Crippen LogP contribution is -2.32. The number of carbonyl (C=O) groups is 1. The van der Waals surface area contributed by atoms with Crippen LogP contribution < -0.4 is 10.4 Å². The van der Waals surface area contributed by atoms with Crippen LogP contribution >= 0.6 is 11.6 Å². The van der Waals surface area contributed by atoms with Crippen LogP contribution in [0.5, 0.6) is 5.75 Å². The van der Waals surface area contributed by atoms with Gasteiger partial charge in [0.05, 0.1) is 18.2 Å². The highest BCUT2D eigenvalue weighted by Crippen LogP contribution is 2.30. The van der Waals surface area contributed by atoms with Crippen molar-refractivity contribution < 1.29 is 31.8 Å². The number of tetrazole rings is 1. The van der Waals surface area contributed by atoms with Crippen LogP contribution in [0.15, 0.2) is 16.9 Å². The van der Waals surface area contributed by atoms with Crippen LogP contribution in [-0.2, 0) is 16.1 Å². The van der Waals surface area contributed by atoms with Gasteiger partial charge in [0, 0.05) is 6.07 Å². The first-order valence-electron chi connectivity index (χ1n) is 8.39. The number of aryl methyl sites for hydroxylation is 1. The molecular weight excluding hydrogens is 424 g/mol. The zero-order valence-corrected chi connectivity index (χ0v) is 15.9. The molecule has 1 heterocycles. The van der Waals surface area contributed by atoms with Crippen LogP contribution in [0.2, 0.25) is 5.02 Å². The largest absolute Gasteiger partial charge is 0.477 e. The Bertz CT molecular complexity index is 904. The molecule has 1 unspecified atom stereocenters. The van der Waals surface area contributed by atoms with Crippen LogP contribution in [0.1, 0.15) is 13.3 Å². The number of benzene rings is 1. The number of rotatable bonds is 10. The number of halogens is 5. The number of aromatic nitrogens is 4.